The molecule has 6 heteroatoms. The number of nitrogens with zero attached hydrogens (tertiary/aromatic N) is 1. The van der Waals surface area contributed by atoms with Crippen molar-refractivity contribution in [3.8, 4) is 5.75 Å². The summed E-state index contributed by atoms with van der Waals surface area (Å²) < 4.78 is 6.48. The molecule has 0 saturated heterocycles. The van der Waals surface area contributed by atoms with Crippen LogP contribution in [0.1, 0.15) is 22.8 Å². The van der Waals surface area contributed by atoms with E-state index in [4.69, 9.17) is 9.84 Å². The summed E-state index contributed by atoms with van der Waals surface area (Å²) >= 11 is 3.41. The van der Waals surface area contributed by atoms with E-state index in [0.717, 1.165) is 10.0 Å². The van der Waals surface area contributed by atoms with Crippen molar-refractivity contribution in [3.63, 3.8) is 0 Å². The van der Waals surface area contributed by atoms with Gasteiger partial charge < -0.3 is 14.7 Å². The lowest BCUT2D eigenvalue weighted by Gasteiger charge is -2.33. The molecule has 1 heterocycles. The van der Waals surface area contributed by atoms with Crippen molar-refractivity contribution in [2.45, 2.75) is 19.6 Å². The minimum Gasteiger partial charge on any atom is -0.479 e. The predicted octanol–water partition coefficient (Wildman–Crippen LogP) is 3.46. The van der Waals surface area contributed by atoms with Crippen molar-refractivity contribution < 1.29 is 19.4 Å². The van der Waals surface area contributed by atoms with Gasteiger partial charge in [-0.25, -0.2) is 4.79 Å². The van der Waals surface area contributed by atoms with E-state index in [0.29, 0.717) is 18.0 Å². The van der Waals surface area contributed by atoms with Gasteiger partial charge in [-0.2, -0.15) is 0 Å². The summed E-state index contributed by atoms with van der Waals surface area (Å²) in [6, 6.07) is 12.0. The van der Waals surface area contributed by atoms with Gasteiger partial charge in [0, 0.05) is 4.47 Å². The molecule has 2 aromatic carbocycles. The fraction of sp³-hybridized carbons (Fsp3) is 0.176. The number of carboxylic acids is 1. The van der Waals surface area contributed by atoms with Crippen molar-refractivity contribution in [2.24, 2.45) is 0 Å². The highest BCUT2D eigenvalue weighted by molar-refractivity contribution is 9.10. The zero-order valence-corrected chi connectivity index (χ0v) is 13.9. The fourth-order valence-corrected chi connectivity index (χ4v) is 2.83. The topological polar surface area (TPSA) is 66.8 Å². The van der Waals surface area contributed by atoms with Gasteiger partial charge in [0.05, 0.1) is 17.8 Å². The predicted molar refractivity (Wildman–Crippen MR) is 88.8 cm³/mol. The first-order valence-electron chi connectivity index (χ1n) is 7.05. The van der Waals surface area contributed by atoms with Crippen LogP contribution in [0.25, 0.3) is 0 Å². The molecule has 1 amide bonds. The number of carboxylic acid groups (broad SMARTS) is 1. The number of fused-ring (bicyclic) bond motifs is 1. The van der Waals surface area contributed by atoms with Crippen LogP contribution < -0.4 is 9.64 Å². The molecule has 0 fully saturated rings. The maximum absolute atomic E-state index is 12.5. The van der Waals surface area contributed by atoms with Crippen LogP contribution in [-0.4, -0.2) is 23.1 Å². The number of benzene rings is 2. The minimum atomic E-state index is -0.970. The number of amides is 1. The molecule has 1 atom stereocenters. The van der Waals surface area contributed by atoms with E-state index in [1.165, 1.54) is 12.1 Å². The first kappa shape index (κ1) is 15.6. The maximum Gasteiger partial charge on any atom is 0.335 e. The van der Waals surface area contributed by atoms with Crippen LogP contribution in [0, 0.1) is 0 Å². The lowest BCUT2D eigenvalue weighted by atomic mass is 10.1. The van der Waals surface area contributed by atoms with E-state index < -0.39 is 12.1 Å². The van der Waals surface area contributed by atoms with Crippen LogP contribution in [0.5, 0.6) is 5.75 Å². The second kappa shape index (κ2) is 6.04. The van der Waals surface area contributed by atoms with Crippen LogP contribution in [0.15, 0.2) is 46.9 Å². The first-order valence-corrected chi connectivity index (χ1v) is 7.85. The molecule has 0 aromatic heterocycles. The summed E-state index contributed by atoms with van der Waals surface area (Å²) in [7, 11) is 0. The number of rotatable bonds is 3. The van der Waals surface area contributed by atoms with Crippen molar-refractivity contribution >= 4 is 33.5 Å². The highest BCUT2D eigenvalue weighted by Crippen LogP contribution is 2.37. The number of carbonyl (C=O) groups is 2. The number of ether oxygens (including phenoxy) is 1. The average Bonchev–Trinajstić information content (AvgIpc) is 2.53. The summed E-state index contributed by atoms with van der Waals surface area (Å²) in [5.74, 6) is -0.442. The summed E-state index contributed by atoms with van der Waals surface area (Å²) in [5, 5.41) is 8.95. The Balaban J connectivity index is 1.93. The van der Waals surface area contributed by atoms with Crippen LogP contribution >= 0.6 is 15.9 Å². The van der Waals surface area contributed by atoms with Crippen LogP contribution in [0.2, 0.25) is 0 Å². The molecule has 3 rings (SSSR count). The second-order valence-electron chi connectivity index (χ2n) is 5.30. The van der Waals surface area contributed by atoms with E-state index in [2.05, 4.69) is 15.9 Å². The summed E-state index contributed by atoms with van der Waals surface area (Å²) in [4.78, 5) is 25.0. The highest BCUT2D eigenvalue weighted by Gasteiger charge is 2.31. The number of halogens is 1. The number of carbonyl (C=O) groups excluding carboxylic acids is 1. The van der Waals surface area contributed by atoms with Crippen molar-refractivity contribution in [3.05, 3.63) is 58.1 Å². The summed E-state index contributed by atoms with van der Waals surface area (Å²) in [6.45, 7) is 2.07. The third-order valence-corrected chi connectivity index (χ3v) is 4.16. The SMILES string of the molecule is C[C@H]1Oc2ccc(Br)cc2N(Cc2ccc(C(=O)O)cc2)C1=O. The molecular formula is C17H14BrNO4. The number of hydrogen-bond donors (Lipinski definition) is 1. The summed E-state index contributed by atoms with van der Waals surface area (Å²) in [6.07, 6.45) is -0.554. The number of aromatic carboxylic acids is 1. The second-order valence-corrected chi connectivity index (χ2v) is 6.21. The molecule has 0 radical (unpaired) electrons. The van der Waals surface area contributed by atoms with Gasteiger partial charge >= 0.3 is 5.97 Å². The zero-order valence-electron chi connectivity index (χ0n) is 12.3. The third kappa shape index (κ3) is 3.07. The van der Waals surface area contributed by atoms with Crippen LogP contribution in [-0.2, 0) is 11.3 Å². The maximum atomic E-state index is 12.5. The Labute approximate surface area is 141 Å². The lowest BCUT2D eigenvalue weighted by molar-refractivity contribution is -0.125. The first-order chi connectivity index (χ1) is 11.0. The Morgan fingerprint density at radius 3 is 2.61 bits per heavy atom. The third-order valence-electron chi connectivity index (χ3n) is 3.67. The van der Waals surface area contributed by atoms with Crippen LogP contribution in [0.4, 0.5) is 5.69 Å². The Kier molecular flexibility index (Phi) is 4.09. The lowest BCUT2D eigenvalue weighted by Crippen LogP contribution is -2.44. The van der Waals surface area contributed by atoms with Crippen molar-refractivity contribution in [1.29, 1.82) is 0 Å². The Bertz CT molecular complexity index is 773. The largest absolute Gasteiger partial charge is 0.479 e. The molecule has 0 saturated carbocycles. The molecule has 23 heavy (non-hydrogen) atoms. The molecule has 0 bridgehead atoms. The average molecular weight is 376 g/mol. The van der Waals surface area contributed by atoms with Crippen LogP contribution in [0.3, 0.4) is 0 Å². The molecule has 1 N–H and O–H groups in total. The fourth-order valence-electron chi connectivity index (χ4n) is 2.48. The normalized spacial score (nSPS) is 16.7. The van der Waals surface area contributed by atoms with Gasteiger partial charge in [0.1, 0.15) is 5.75 Å². The monoisotopic (exact) mass is 375 g/mol. The van der Waals surface area contributed by atoms with Gasteiger partial charge in [-0.3, -0.25) is 4.79 Å². The Morgan fingerprint density at radius 1 is 1.26 bits per heavy atom. The van der Waals surface area contributed by atoms with E-state index in [1.807, 2.05) is 18.2 Å². The van der Waals surface area contributed by atoms with Gasteiger partial charge in [-0.1, -0.05) is 28.1 Å². The molecule has 118 valence electrons. The number of hydrogen-bond acceptors (Lipinski definition) is 3. The highest BCUT2D eigenvalue weighted by atomic mass is 79.9. The Morgan fingerprint density at radius 2 is 1.96 bits per heavy atom. The van der Waals surface area contributed by atoms with Crippen molar-refractivity contribution in [2.75, 3.05) is 4.90 Å². The molecule has 5 nitrogen and oxygen atoms in total. The molecule has 1 aliphatic rings. The smallest absolute Gasteiger partial charge is 0.335 e. The number of anilines is 1. The zero-order chi connectivity index (χ0) is 16.6. The van der Waals surface area contributed by atoms with E-state index >= 15 is 0 Å². The standard InChI is InChI=1S/C17H14BrNO4/c1-10-16(20)19(14-8-13(18)6-7-15(14)23-10)9-11-2-4-12(5-3-11)17(21)22/h2-8,10H,9H2,1H3,(H,21,22)/t10-/m1/s1. The Hall–Kier alpha value is -2.34. The molecule has 2 aromatic rings. The summed E-state index contributed by atoms with van der Waals surface area (Å²) in [5.41, 5.74) is 1.77. The van der Waals surface area contributed by atoms with E-state index in [1.54, 1.807) is 24.0 Å². The van der Waals surface area contributed by atoms with E-state index in [-0.39, 0.29) is 11.5 Å². The molecular weight excluding hydrogens is 362 g/mol. The van der Waals surface area contributed by atoms with Gasteiger partial charge in [-0.05, 0) is 42.8 Å². The molecule has 1 aliphatic heterocycles. The molecule has 0 unspecified atom stereocenters. The minimum absolute atomic E-state index is 0.127. The van der Waals surface area contributed by atoms with Gasteiger partial charge in [0.25, 0.3) is 5.91 Å². The van der Waals surface area contributed by atoms with Gasteiger partial charge in [-0.15, -0.1) is 0 Å². The van der Waals surface area contributed by atoms with Gasteiger partial charge in [0.15, 0.2) is 6.10 Å². The quantitative estimate of drug-likeness (QED) is 0.891. The van der Waals surface area contributed by atoms with E-state index in [9.17, 15) is 9.59 Å². The van der Waals surface area contributed by atoms with Crippen molar-refractivity contribution in [1.82, 2.24) is 0 Å². The molecule has 0 aliphatic carbocycles. The molecule has 0 spiro atoms. The van der Waals surface area contributed by atoms with Gasteiger partial charge in [0.2, 0.25) is 0 Å².